The van der Waals surface area contributed by atoms with Crippen LogP contribution in [0.25, 0.3) is 0 Å². The Hall–Kier alpha value is -2.01. The Bertz CT molecular complexity index is 679. The summed E-state index contributed by atoms with van der Waals surface area (Å²) in [5, 5.41) is 0. The minimum atomic E-state index is -3.43. The molecule has 2 aromatic rings. The molecular weight excluding hydrogens is 274 g/mol. The van der Waals surface area contributed by atoms with Gasteiger partial charge >= 0.3 is 0 Å². The van der Waals surface area contributed by atoms with E-state index < -0.39 is 10.0 Å². The van der Waals surface area contributed by atoms with Gasteiger partial charge in [0.2, 0.25) is 10.0 Å². The molecule has 0 saturated heterocycles. The lowest BCUT2D eigenvalue weighted by molar-refractivity contribution is 0.415. The standard InChI is InChI=1S/C15H17NO3S/c1-12-6-8-13(9-7-12)11-20(17,18)16-14-4-3-5-15(10-14)19-2/h3-10,16H,11H2,1-2H3. The minimum Gasteiger partial charge on any atom is -0.497 e. The lowest BCUT2D eigenvalue weighted by Gasteiger charge is -2.09. The van der Waals surface area contributed by atoms with Crippen molar-refractivity contribution >= 4 is 15.7 Å². The van der Waals surface area contributed by atoms with E-state index in [0.717, 1.165) is 11.1 Å². The summed E-state index contributed by atoms with van der Waals surface area (Å²) in [5.41, 5.74) is 2.36. The second-order valence-corrected chi connectivity index (χ2v) is 6.30. The zero-order chi connectivity index (χ0) is 14.6. The number of rotatable bonds is 5. The summed E-state index contributed by atoms with van der Waals surface area (Å²) in [6, 6.07) is 14.3. The highest BCUT2D eigenvalue weighted by Gasteiger charge is 2.12. The van der Waals surface area contributed by atoms with Crippen LogP contribution in [0.3, 0.4) is 0 Å². The number of methoxy groups -OCH3 is 1. The molecule has 0 aliphatic carbocycles. The molecule has 106 valence electrons. The summed E-state index contributed by atoms with van der Waals surface area (Å²) in [6.45, 7) is 1.97. The van der Waals surface area contributed by atoms with Gasteiger partial charge in [-0.2, -0.15) is 0 Å². The Kier molecular flexibility index (Phi) is 4.29. The molecule has 0 heterocycles. The molecular formula is C15H17NO3S. The van der Waals surface area contributed by atoms with Crippen LogP contribution >= 0.6 is 0 Å². The van der Waals surface area contributed by atoms with Crippen LogP contribution in [0, 0.1) is 6.92 Å². The number of ether oxygens (including phenoxy) is 1. The van der Waals surface area contributed by atoms with Gasteiger partial charge in [-0.1, -0.05) is 35.9 Å². The molecule has 20 heavy (non-hydrogen) atoms. The van der Waals surface area contributed by atoms with E-state index in [1.54, 1.807) is 31.4 Å². The number of anilines is 1. The van der Waals surface area contributed by atoms with E-state index in [-0.39, 0.29) is 5.75 Å². The molecule has 0 amide bonds. The number of hydrogen-bond donors (Lipinski definition) is 1. The van der Waals surface area contributed by atoms with E-state index in [2.05, 4.69) is 4.72 Å². The molecule has 2 rings (SSSR count). The Labute approximate surface area is 119 Å². The van der Waals surface area contributed by atoms with E-state index in [4.69, 9.17) is 4.74 Å². The Morgan fingerprint density at radius 3 is 2.45 bits per heavy atom. The number of nitrogens with one attached hydrogen (secondary N) is 1. The van der Waals surface area contributed by atoms with E-state index >= 15 is 0 Å². The third kappa shape index (κ3) is 3.99. The number of sulfonamides is 1. The average molecular weight is 291 g/mol. The quantitative estimate of drug-likeness (QED) is 0.921. The van der Waals surface area contributed by atoms with Crippen molar-refractivity contribution in [3.8, 4) is 5.75 Å². The second-order valence-electron chi connectivity index (χ2n) is 4.58. The van der Waals surface area contributed by atoms with Crippen molar-refractivity contribution in [1.29, 1.82) is 0 Å². The van der Waals surface area contributed by atoms with Crippen LogP contribution in [0.15, 0.2) is 48.5 Å². The SMILES string of the molecule is COc1cccc(NS(=O)(=O)Cc2ccc(C)cc2)c1. The van der Waals surface area contributed by atoms with Crippen molar-refractivity contribution in [2.75, 3.05) is 11.8 Å². The first-order chi connectivity index (χ1) is 9.48. The summed E-state index contributed by atoms with van der Waals surface area (Å²) < 4.78 is 31.8. The lowest BCUT2D eigenvalue weighted by atomic mass is 10.2. The van der Waals surface area contributed by atoms with Crippen molar-refractivity contribution in [2.45, 2.75) is 12.7 Å². The molecule has 0 radical (unpaired) electrons. The maximum atomic E-state index is 12.1. The largest absolute Gasteiger partial charge is 0.497 e. The predicted octanol–water partition coefficient (Wildman–Crippen LogP) is 2.95. The van der Waals surface area contributed by atoms with Crippen molar-refractivity contribution < 1.29 is 13.2 Å². The van der Waals surface area contributed by atoms with Crippen LogP contribution in [0.4, 0.5) is 5.69 Å². The van der Waals surface area contributed by atoms with Crippen LogP contribution in [0.2, 0.25) is 0 Å². The smallest absolute Gasteiger partial charge is 0.236 e. The molecule has 4 nitrogen and oxygen atoms in total. The first kappa shape index (κ1) is 14.4. The van der Waals surface area contributed by atoms with Crippen LogP contribution in [-0.4, -0.2) is 15.5 Å². The van der Waals surface area contributed by atoms with E-state index in [0.29, 0.717) is 11.4 Å². The minimum absolute atomic E-state index is 0.0511. The highest BCUT2D eigenvalue weighted by molar-refractivity contribution is 7.91. The third-order valence-electron chi connectivity index (χ3n) is 2.82. The summed E-state index contributed by atoms with van der Waals surface area (Å²) in [4.78, 5) is 0. The number of aryl methyl sites for hydroxylation is 1. The maximum Gasteiger partial charge on any atom is 0.236 e. The highest BCUT2D eigenvalue weighted by atomic mass is 32.2. The van der Waals surface area contributed by atoms with Gasteiger partial charge in [-0.3, -0.25) is 4.72 Å². The van der Waals surface area contributed by atoms with Crippen molar-refractivity contribution in [1.82, 2.24) is 0 Å². The Balaban J connectivity index is 2.12. The fourth-order valence-electron chi connectivity index (χ4n) is 1.81. The van der Waals surface area contributed by atoms with E-state index in [1.165, 1.54) is 0 Å². The van der Waals surface area contributed by atoms with Crippen LogP contribution in [0.1, 0.15) is 11.1 Å². The molecule has 5 heteroatoms. The summed E-state index contributed by atoms with van der Waals surface area (Å²) in [7, 11) is -1.89. The monoisotopic (exact) mass is 291 g/mol. The summed E-state index contributed by atoms with van der Waals surface area (Å²) in [5.74, 6) is 0.561. The zero-order valence-corrected chi connectivity index (χ0v) is 12.3. The molecule has 2 aromatic carbocycles. The third-order valence-corrected chi connectivity index (χ3v) is 4.08. The number of hydrogen-bond acceptors (Lipinski definition) is 3. The maximum absolute atomic E-state index is 12.1. The van der Waals surface area contributed by atoms with Crippen molar-refractivity contribution in [3.05, 3.63) is 59.7 Å². The molecule has 0 atom stereocenters. The Morgan fingerprint density at radius 2 is 1.80 bits per heavy atom. The number of benzene rings is 2. The van der Waals surface area contributed by atoms with Crippen LogP contribution < -0.4 is 9.46 Å². The molecule has 0 fully saturated rings. The van der Waals surface area contributed by atoms with Gasteiger partial charge in [0.1, 0.15) is 5.75 Å². The average Bonchev–Trinajstić information content (AvgIpc) is 2.41. The van der Waals surface area contributed by atoms with Gasteiger partial charge < -0.3 is 4.74 Å². The van der Waals surface area contributed by atoms with Gasteiger partial charge in [-0.05, 0) is 24.6 Å². The molecule has 0 spiro atoms. The van der Waals surface area contributed by atoms with Crippen LogP contribution in [-0.2, 0) is 15.8 Å². The first-order valence-electron chi connectivity index (χ1n) is 6.18. The zero-order valence-electron chi connectivity index (χ0n) is 11.5. The fraction of sp³-hybridized carbons (Fsp3) is 0.200. The van der Waals surface area contributed by atoms with Gasteiger partial charge in [-0.15, -0.1) is 0 Å². The van der Waals surface area contributed by atoms with Crippen molar-refractivity contribution in [2.24, 2.45) is 0 Å². The first-order valence-corrected chi connectivity index (χ1v) is 7.84. The fourth-order valence-corrected chi connectivity index (χ4v) is 3.00. The highest BCUT2D eigenvalue weighted by Crippen LogP contribution is 2.19. The van der Waals surface area contributed by atoms with E-state index in [1.807, 2.05) is 31.2 Å². The molecule has 0 aromatic heterocycles. The predicted molar refractivity (Wildman–Crippen MR) is 80.4 cm³/mol. The van der Waals surface area contributed by atoms with Gasteiger partial charge in [0, 0.05) is 6.07 Å². The lowest BCUT2D eigenvalue weighted by Crippen LogP contribution is -2.15. The molecule has 0 saturated carbocycles. The van der Waals surface area contributed by atoms with Gasteiger partial charge in [0.25, 0.3) is 0 Å². The van der Waals surface area contributed by atoms with Gasteiger partial charge in [-0.25, -0.2) is 8.42 Å². The molecule has 0 bridgehead atoms. The summed E-state index contributed by atoms with van der Waals surface area (Å²) >= 11 is 0. The Morgan fingerprint density at radius 1 is 1.10 bits per heavy atom. The van der Waals surface area contributed by atoms with E-state index in [9.17, 15) is 8.42 Å². The van der Waals surface area contributed by atoms with Gasteiger partial charge in [0.15, 0.2) is 0 Å². The van der Waals surface area contributed by atoms with Crippen LogP contribution in [0.5, 0.6) is 5.75 Å². The molecule has 0 unspecified atom stereocenters. The summed E-state index contributed by atoms with van der Waals surface area (Å²) in [6.07, 6.45) is 0. The molecule has 0 aliphatic rings. The van der Waals surface area contributed by atoms with Crippen molar-refractivity contribution in [3.63, 3.8) is 0 Å². The molecule has 1 N–H and O–H groups in total. The molecule has 0 aliphatic heterocycles. The topological polar surface area (TPSA) is 55.4 Å². The van der Waals surface area contributed by atoms with Gasteiger partial charge in [0.05, 0.1) is 18.6 Å². The second kappa shape index (κ2) is 5.96. The normalized spacial score (nSPS) is 11.1.